The van der Waals surface area contributed by atoms with Crippen LogP contribution in [0.3, 0.4) is 0 Å². The first kappa shape index (κ1) is 54.7. The highest BCUT2D eigenvalue weighted by molar-refractivity contribution is 7.13. The number of aliphatic hydroxyl groups is 1. The van der Waals surface area contributed by atoms with Gasteiger partial charge in [-0.15, -0.1) is 11.3 Å². The van der Waals surface area contributed by atoms with Crippen molar-refractivity contribution in [1.29, 1.82) is 0 Å². The number of aliphatic hydroxyl groups excluding tert-OH is 1. The zero-order valence-corrected chi connectivity index (χ0v) is 44.7. The molecule has 3 heterocycles. The molecule has 2 aliphatic heterocycles. The molecule has 1 aromatic heterocycles. The lowest BCUT2D eigenvalue weighted by Gasteiger charge is -2.39. The minimum atomic E-state index is -0.856. The fraction of sp³-hybridized carbons (Fsp3) is 0.448. The van der Waals surface area contributed by atoms with Gasteiger partial charge >= 0.3 is 0 Å². The number of amides is 5. The van der Waals surface area contributed by atoms with Crippen LogP contribution >= 0.6 is 22.9 Å². The maximum atomic E-state index is 14.0. The highest BCUT2D eigenvalue weighted by atomic mass is 35.5. The van der Waals surface area contributed by atoms with Crippen molar-refractivity contribution in [2.45, 2.75) is 149 Å². The van der Waals surface area contributed by atoms with Gasteiger partial charge < -0.3 is 36.2 Å². The highest BCUT2D eigenvalue weighted by Gasteiger charge is 2.44. The van der Waals surface area contributed by atoms with Gasteiger partial charge in [0.2, 0.25) is 23.6 Å². The Balaban J connectivity index is 0.779. The quantitative estimate of drug-likeness (QED) is 0.0452. The van der Waals surface area contributed by atoms with Crippen LogP contribution in [0.25, 0.3) is 21.6 Å². The lowest BCUT2D eigenvalue weighted by molar-refractivity contribution is -0.144. The molecule has 15 heteroatoms. The third kappa shape index (κ3) is 14.6. The number of likely N-dealkylation sites (tertiary alicyclic amines) is 1. The van der Waals surface area contributed by atoms with Crippen molar-refractivity contribution >= 4 is 63.8 Å². The van der Waals surface area contributed by atoms with Gasteiger partial charge in [-0.2, -0.15) is 0 Å². The summed E-state index contributed by atoms with van der Waals surface area (Å²) in [6.07, 6.45) is 8.04. The van der Waals surface area contributed by atoms with Crippen molar-refractivity contribution in [3.63, 3.8) is 0 Å². The first-order chi connectivity index (χ1) is 35.0. The van der Waals surface area contributed by atoms with Gasteiger partial charge in [-0.3, -0.25) is 24.0 Å². The number of aryl methyl sites for hydroxylation is 1. The molecule has 1 fully saturated rings. The molecule has 5 N–H and O–H groups in total. The first-order valence-corrected chi connectivity index (χ1v) is 27.1. The number of β-amino-alcohol motifs (C(OH)–C–C–N with tert-alkyl or cyclic N) is 1. The number of nitrogens with zero attached hydrogens (tertiary/aromatic N) is 3. The van der Waals surface area contributed by atoms with Gasteiger partial charge in [-0.1, -0.05) is 113 Å². The summed E-state index contributed by atoms with van der Waals surface area (Å²) in [7, 11) is 0. The summed E-state index contributed by atoms with van der Waals surface area (Å²) in [5, 5.41) is 23.9. The summed E-state index contributed by atoms with van der Waals surface area (Å²) >= 11 is 7.72. The summed E-state index contributed by atoms with van der Waals surface area (Å²) in [5.41, 5.74) is 9.64. The molecule has 0 bridgehead atoms. The van der Waals surface area contributed by atoms with Crippen LogP contribution in [0.4, 0.5) is 11.4 Å². The summed E-state index contributed by atoms with van der Waals surface area (Å²) in [6, 6.07) is 27.8. The molecular weight excluding hydrogens is 958 g/mol. The average molecular weight is 1030 g/mol. The lowest BCUT2D eigenvalue weighted by atomic mass is 9.85. The Labute approximate surface area is 439 Å². The monoisotopic (exact) mass is 1030 g/mol. The van der Waals surface area contributed by atoms with Crippen molar-refractivity contribution in [2.75, 3.05) is 23.3 Å². The van der Waals surface area contributed by atoms with Gasteiger partial charge in [0.1, 0.15) is 12.1 Å². The molecule has 0 unspecified atom stereocenters. The molecule has 7 rings (SSSR count). The predicted molar refractivity (Wildman–Crippen MR) is 292 cm³/mol. The van der Waals surface area contributed by atoms with Gasteiger partial charge in [-0.05, 0) is 115 Å². The summed E-state index contributed by atoms with van der Waals surface area (Å²) < 4.78 is 0. The molecule has 13 nitrogen and oxygen atoms in total. The Morgan fingerprint density at radius 1 is 0.808 bits per heavy atom. The van der Waals surface area contributed by atoms with Gasteiger partial charge in [0, 0.05) is 67.4 Å². The zero-order chi connectivity index (χ0) is 52.2. The van der Waals surface area contributed by atoms with E-state index in [1.54, 1.807) is 18.3 Å². The number of nitrogens with one attached hydrogen (secondary N) is 4. The van der Waals surface area contributed by atoms with E-state index in [0.717, 1.165) is 101 Å². The first-order valence-electron chi connectivity index (χ1n) is 25.9. The fourth-order valence-electron chi connectivity index (χ4n) is 10.0. The summed E-state index contributed by atoms with van der Waals surface area (Å²) in [5.74, 6) is -0.991. The van der Waals surface area contributed by atoms with Gasteiger partial charge in [0.05, 0.1) is 28.2 Å². The van der Waals surface area contributed by atoms with E-state index in [-0.39, 0.29) is 61.1 Å². The van der Waals surface area contributed by atoms with Gasteiger partial charge in [-0.25, -0.2) is 4.98 Å². The van der Waals surface area contributed by atoms with E-state index in [1.807, 2.05) is 123 Å². The van der Waals surface area contributed by atoms with Crippen LogP contribution in [0.2, 0.25) is 5.02 Å². The van der Waals surface area contributed by atoms with E-state index in [4.69, 9.17) is 11.6 Å². The Morgan fingerprint density at radius 3 is 2.10 bits per heavy atom. The third-order valence-electron chi connectivity index (χ3n) is 14.0. The predicted octanol–water partition coefficient (Wildman–Crippen LogP) is 10.8. The van der Waals surface area contributed by atoms with E-state index in [2.05, 4.69) is 39.2 Å². The third-order valence-corrected chi connectivity index (χ3v) is 15.2. The van der Waals surface area contributed by atoms with Crippen molar-refractivity contribution in [1.82, 2.24) is 25.8 Å². The second-order valence-electron chi connectivity index (χ2n) is 20.8. The van der Waals surface area contributed by atoms with Gasteiger partial charge in [0.15, 0.2) is 0 Å². The normalized spacial score (nSPS) is 17.9. The molecule has 5 atom stereocenters. The number of hydrogen-bond donors (Lipinski definition) is 5. The number of hydrogen-bond acceptors (Lipinski definition) is 9. The largest absolute Gasteiger partial charge is 0.391 e. The standard InChI is InChI=1S/C58H72ClN7O6S/c1-37-31-49(63-46-27-25-45(59)26-28-46)48-32-44(24-29-50(48)66(37)39(3)67)41-20-22-43(23-21-41)55(70)60-30-14-12-10-8-7-9-11-13-15-52(69)64-54(58(4,5)6)57(72)65-35-47(68)33-51(65)56(71)61-34-40-16-18-42(19-17-40)53-38(2)62-36-73-53/h16-29,32,36-37,47,49,51,54,63,68H,7-15,30-31,33-35H2,1-6H3,(H,60,70)(H,61,71)(H,64,69)/t37-,47+,49+,51-,54+/m0/s1. The molecule has 1 saturated heterocycles. The SMILES string of the molecule is CC(=O)N1c2ccc(-c3ccc(C(=O)NCCCCCCCCCCC(=O)N[C@H](C(=O)N4C[C@H](O)C[C@H]4C(=O)NCc4ccc(-c5scnc5C)cc4)C(C)(C)C)cc3)cc2[C@H](Nc2ccc(Cl)cc2)C[C@@H]1C. The van der Waals surface area contributed by atoms with Crippen LogP contribution in [0.1, 0.15) is 138 Å². The number of carbonyl (C=O) groups is 5. The molecule has 5 aromatic rings. The number of anilines is 2. The van der Waals surface area contributed by atoms with Crippen LogP contribution in [0, 0.1) is 12.3 Å². The number of thiazole rings is 1. The second-order valence-corrected chi connectivity index (χ2v) is 22.1. The van der Waals surface area contributed by atoms with Gasteiger partial charge in [0.25, 0.3) is 5.91 Å². The molecule has 4 aromatic carbocycles. The second kappa shape index (κ2) is 25.2. The maximum absolute atomic E-state index is 14.0. The van der Waals surface area contributed by atoms with Crippen molar-refractivity contribution < 1.29 is 29.1 Å². The number of unbranched alkanes of at least 4 members (excludes halogenated alkanes) is 7. The Bertz CT molecular complexity index is 2690. The number of rotatable bonds is 21. The van der Waals surface area contributed by atoms with Crippen molar-refractivity contribution in [3.8, 4) is 21.6 Å². The Kier molecular flexibility index (Phi) is 18.9. The molecule has 2 aliphatic rings. The number of halogens is 1. The molecule has 0 aliphatic carbocycles. The summed E-state index contributed by atoms with van der Waals surface area (Å²) in [6.45, 7) is 12.2. The molecule has 388 valence electrons. The molecule has 0 spiro atoms. The molecule has 73 heavy (non-hydrogen) atoms. The fourth-order valence-corrected chi connectivity index (χ4v) is 10.9. The Morgan fingerprint density at radius 2 is 1.45 bits per heavy atom. The van der Waals surface area contributed by atoms with Crippen LogP contribution in [0.15, 0.2) is 96.5 Å². The van der Waals surface area contributed by atoms with Crippen LogP contribution in [-0.2, 0) is 25.7 Å². The van der Waals surface area contributed by atoms with Crippen molar-refractivity contribution in [2.24, 2.45) is 5.41 Å². The van der Waals surface area contributed by atoms with Crippen molar-refractivity contribution in [3.05, 3.63) is 124 Å². The number of carbonyl (C=O) groups excluding carboxylic acids is 5. The zero-order valence-electron chi connectivity index (χ0n) is 43.1. The topological polar surface area (TPSA) is 173 Å². The highest BCUT2D eigenvalue weighted by Crippen LogP contribution is 2.41. The summed E-state index contributed by atoms with van der Waals surface area (Å²) in [4.78, 5) is 75.2. The Hall–Kier alpha value is -6.09. The van der Waals surface area contributed by atoms with E-state index < -0.39 is 23.6 Å². The average Bonchev–Trinajstić information content (AvgIpc) is 3.99. The maximum Gasteiger partial charge on any atom is 0.251 e. The molecule has 0 saturated carbocycles. The smallest absolute Gasteiger partial charge is 0.251 e. The lowest BCUT2D eigenvalue weighted by Crippen LogP contribution is -2.57. The minimum absolute atomic E-state index is 0.00991. The van der Waals surface area contributed by atoms with Crippen LogP contribution < -0.4 is 26.2 Å². The minimum Gasteiger partial charge on any atom is -0.391 e. The molecular formula is C58H72ClN7O6S. The van der Waals surface area contributed by atoms with Crippen LogP contribution in [0.5, 0.6) is 0 Å². The molecule has 5 amide bonds. The van der Waals surface area contributed by atoms with Crippen LogP contribution in [-0.4, -0.2) is 81.8 Å². The van der Waals surface area contributed by atoms with E-state index >= 15 is 0 Å². The number of benzene rings is 4. The van der Waals surface area contributed by atoms with E-state index in [9.17, 15) is 29.1 Å². The molecule has 0 radical (unpaired) electrons. The number of aromatic nitrogens is 1. The van der Waals surface area contributed by atoms with E-state index in [0.29, 0.717) is 30.0 Å². The number of fused-ring (bicyclic) bond motifs is 1. The van der Waals surface area contributed by atoms with E-state index in [1.165, 1.54) is 4.90 Å².